The van der Waals surface area contributed by atoms with Crippen molar-refractivity contribution < 1.29 is 0 Å². The van der Waals surface area contributed by atoms with Crippen LogP contribution < -0.4 is 0 Å². The molecule has 1 heterocycles. The van der Waals surface area contributed by atoms with Gasteiger partial charge in [0.1, 0.15) is 0 Å². The second-order valence-electron chi connectivity index (χ2n) is 3.77. The molecule has 0 aliphatic heterocycles. The molecule has 86 valence electrons. The van der Waals surface area contributed by atoms with Crippen LogP contribution in [-0.4, -0.2) is 4.98 Å². The van der Waals surface area contributed by atoms with Gasteiger partial charge in [-0.25, -0.2) is 0 Å². The van der Waals surface area contributed by atoms with E-state index in [1.54, 1.807) is 12.3 Å². The third kappa shape index (κ3) is 2.72. The lowest BCUT2D eigenvalue weighted by Crippen LogP contribution is -1.87. The fourth-order valence-electron chi connectivity index (χ4n) is 1.59. The van der Waals surface area contributed by atoms with Crippen LogP contribution in [0.25, 0.3) is 11.6 Å². The zero-order valence-electron chi connectivity index (χ0n) is 9.88. The molecule has 2 heteroatoms. The maximum Gasteiger partial charge on any atom is 0.0998 e. The molecule has 2 nitrogen and oxygen atoms in total. The molecule has 1 aromatic heterocycles. The average Bonchev–Trinajstić information content (AvgIpc) is 2.46. The Hall–Kier alpha value is -2.66. The molecule has 0 spiro atoms. The first-order valence-electron chi connectivity index (χ1n) is 5.59. The van der Waals surface area contributed by atoms with Gasteiger partial charge < -0.3 is 0 Å². The van der Waals surface area contributed by atoms with Crippen LogP contribution in [0.4, 0.5) is 0 Å². The van der Waals surface area contributed by atoms with E-state index in [-0.39, 0.29) is 0 Å². The minimum absolute atomic E-state index is 0.528. The molecule has 2 aromatic rings. The van der Waals surface area contributed by atoms with Crippen LogP contribution in [0.1, 0.15) is 11.3 Å². The molecule has 0 radical (unpaired) electrons. The Morgan fingerprint density at radius 2 is 1.83 bits per heavy atom. The van der Waals surface area contributed by atoms with Gasteiger partial charge in [-0.3, -0.25) is 4.98 Å². The van der Waals surface area contributed by atoms with E-state index in [0.717, 1.165) is 11.3 Å². The van der Waals surface area contributed by atoms with Crippen LogP contribution in [0, 0.1) is 11.3 Å². The van der Waals surface area contributed by atoms with Gasteiger partial charge in [0.15, 0.2) is 0 Å². The highest BCUT2D eigenvalue weighted by Crippen LogP contribution is 2.21. The van der Waals surface area contributed by atoms with E-state index in [9.17, 15) is 5.26 Å². The molecule has 0 atom stereocenters. The Kier molecular flexibility index (Phi) is 3.68. The predicted molar refractivity (Wildman–Crippen MR) is 73.3 cm³/mol. The normalized spacial score (nSPS) is 10.7. The Morgan fingerprint density at radius 3 is 2.44 bits per heavy atom. The van der Waals surface area contributed by atoms with Gasteiger partial charge in [-0.15, -0.1) is 0 Å². The Morgan fingerprint density at radius 1 is 1.11 bits per heavy atom. The summed E-state index contributed by atoms with van der Waals surface area (Å²) in [6, 6.07) is 17.4. The van der Waals surface area contributed by atoms with Crippen molar-refractivity contribution in [2.45, 2.75) is 0 Å². The zero-order chi connectivity index (χ0) is 12.8. The van der Waals surface area contributed by atoms with Crippen molar-refractivity contribution in [2.75, 3.05) is 0 Å². The minimum atomic E-state index is 0.528. The zero-order valence-corrected chi connectivity index (χ0v) is 9.88. The van der Waals surface area contributed by atoms with Gasteiger partial charge >= 0.3 is 0 Å². The van der Waals surface area contributed by atoms with Crippen LogP contribution in [0.3, 0.4) is 0 Å². The lowest BCUT2D eigenvalue weighted by atomic mass is 9.99. The summed E-state index contributed by atoms with van der Waals surface area (Å²) >= 11 is 0. The van der Waals surface area contributed by atoms with E-state index in [0.29, 0.717) is 11.1 Å². The number of nitriles is 1. The molecule has 0 saturated heterocycles. The molecule has 0 N–H and O–H groups in total. The number of rotatable bonds is 3. The summed E-state index contributed by atoms with van der Waals surface area (Å²) in [4.78, 5) is 4.17. The Labute approximate surface area is 107 Å². The van der Waals surface area contributed by atoms with E-state index in [1.165, 1.54) is 0 Å². The molecule has 18 heavy (non-hydrogen) atoms. The number of nitrogens with zero attached hydrogens (tertiary/aromatic N) is 2. The van der Waals surface area contributed by atoms with Crippen LogP contribution >= 0.6 is 0 Å². The van der Waals surface area contributed by atoms with Gasteiger partial charge in [0.05, 0.1) is 17.3 Å². The van der Waals surface area contributed by atoms with Crippen LogP contribution in [0.2, 0.25) is 0 Å². The molecule has 2 rings (SSSR count). The summed E-state index contributed by atoms with van der Waals surface area (Å²) in [5.41, 5.74) is 2.94. The van der Waals surface area contributed by atoms with Gasteiger partial charge in [-0.2, -0.15) is 5.26 Å². The summed E-state index contributed by atoms with van der Waals surface area (Å²) < 4.78 is 0. The molecule has 0 amide bonds. The smallest absolute Gasteiger partial charge is 0.0998 e. The molecular formula is C16H12N2. The first-order chi connectivity index (χ1) is 8.81. The fraction of sp³-hybridized carbons (Fsp3) is 0. The Bertz CT molecular complexity index is 605. The SMILES string of the molecule is C=C(/C(C#N)=C/c1ccccn1)c1ccccc1. The molecule has 0 aliphatic rings. The van der Waals surface area contributed by atoms with Gasteiger partial charge in [0, 0.05) is 6.20 Å². The summed E-state index contributed by atoms with van der Waals surface area (Å²) in [7, 11) is 0. The van der Waals surface area contributed by atoms with Crippen molar-refractivity contribution in [3.63, 3.8) is 0 Å². The van der Waals surface area contributed by atoms with Crippen molar-refractivity contribution in [3.05, 3.63) is 78.1 Å². The fourth-order valence-corrected chi connectivity index (χ4v) is 1.59. The molecule has 0 fully saturated rings. The lowest BCUT2D eigenvalue weighted by Gasteiger charge is -2.03. The van der Waals surface area contributed by atoms with E-state index in [1.807, 2.05) is 48.5 Å². The molecule has 0 saturated carbocycles. The number of pyridine rings is 1. The lowest BCUT2D eigenvalue weighted by molar-refractivity contribution is 1.29. The molecular weight excluding hydrogens is 220 g/mol. The van der Waals surface area contributed by atoms with E-state index >= 15 is 0 Å². The number of hydrogen-bond donors (Lipinski definition) is 0. The van der Waals surface area contributed by atoms with E-state index in [4.69, 9.17) is 0 Å². The second-order valence-corrected chi connectivity index (χ2v) is 3.77. The quantitative estimate of drug-likeness (QED) is 0.597. The Balaban J connectivity index is 2.34. The average molecular weight is 232 g/mol. The molecule has 0 aliphatic carbocycles. The number of aromatic nitrogens is 1. The summed E-state index contributed by atoms with van der Waals surface area (Å²) in [6.45, 7) is 3.97. The standard InChI is InChI=1S/C16H12N2/c1-13(14-7-3-2-4-8-14)15(12-17)11-16-9-5-6-10-18-16/h2-11H,1H2/b15-11+. The van der Waals surface area contributed by atoms with E-state index in [2.05, 4.69) is 17.6 Å². The maximum absolute atomic E-state index is 9.21. The van der Waals surface area contributed by atoms with Crippen molar-refractivity contribution in [3.8, 4) is 6.07 Å². The summed E-state index contributed by atoms with van der Waals surface area (Å²) in [5.74, 6) is 0. The largest absolute Gasteiger partial charge is 0.257 e. The maximum atomic E-state index is 9.21. The number of benzene rings is 1. The van der Waals surface area contributed by atoms with Crippen LogP contribution in [0.15, 0.2) is 66.9 Å². The van der Waals surface area contributed by atoms with Gasteiger partial charge in [0.25, 0.3) is 0 Å². The third-order valence-electron chi connectivity index (χ3n) is 2.55. The van der Waals surface area contributed by atoms with E-state index < -0.39 is 0 Å². The molecule has 1 aromatic carbocycles. The van der Waals surface area contributed by atoms with Gasteiger partial charge in [-0.1, -0.05) is 43.0 Å². The second kappa shape index (κ2) is 5.60. The monoisotopic (exact) mass is 232 g/mol. The molecule has 0 bridgehead atoms. The summed E-state index contributed by atoms with van der Waals surface area (Å²) in [6.07, 6.45) is 3.45. The first-order valence-corrected chi connectivity index (χ1v) is 5.59. The van der Waals surface area contributed by atoms with Gasteiger partial charge in [-0.05, 0) is 29.3 Å². The van der Waals surface area contributed by atoms with Crippen molar-refractivity contribution in [1.29, 1.82) is 5.26 Å². The first kappa shape index (κ1) is 11.8. The van der Waals surface area contributed by atoms with Crippen LogP contribution in [-0.2, 0) is 0 Å². The molecule has 0 unspecified atom stereocenters. The highest BCUT2D eigenvalue weighted by Gasteiger charge is 2.04. The topological polar surface area (TPSA) is 36.7 Å². The highest BCUT2D eigenvalue weighted by molar-refractivity contribution is 5.86. The number of allylic oxidation sites excluding steroid dienone is 2. The van der Waals surface area contributed by atoms with Crippen molar-refractivity contribution in [1.82, 2.24) is 4.98 Å². The van der Waals surface area contributed by atoms with Crippen LogP contribution in [0.5, 0.6) is 0 Å². The summed E-state index contributed by atoms with van der Waals surface area (Å²) in [5, 5.41) is 9.21. The van der Waals surface area contributed by atoms with Gasteiger partial charge in [0.2, 0.25) is 0 Å². The highest BCUT2D eigenvalue weighted by atomic mass is 14.6. The minimum Gasteiger partial charge on any atom is -0.257 e. The predicted octanol–water partition coefficient (Wildman–Crippen LogP) is 3.70. The number of hydrogen-bond acceptors (Lipinski definition) is 2. The third-order valence-corrected chi connectivity index (χ3v) is 2.55. The van der Waals surface area contributed by atoms with Crippen molar-refractivity contribution >= 4 is 11.6 Å². The van der Waals surface area contributed by atoms with Crippen molar-refractivity contribution in [2.24, 2.45) is 0 Å².